The zero-order chi connectivity index (χ0) is 9.19. The van der Waals surface area contributed by atoms with Gasteiger partial charge in [0.05, 0.1) is 0 Å². The highest BCUT2D eigenvalue weighted by Crippen LogP contribution is 2.25. The molecule has 2 aliphatic heterocycles. The second-order valence-electron chi connectivity index (χ2n) is 2.01. The Bertz CT molecular complexity index is 386. The van der Waals surface area contributed by atoms with Gasteiger partial charge in [0.15, 0.2) is 0 Å². The van der Waals surface area contributed by atoms with E-state index in [9.17, 15) is 8.42 Å². The molecule has 0 atom stereocenters. The third kappa shape index (κ3) is 1.27. The Morgan fingerprint density at radius 3 is 1.75 bits per heavy atom. The van der Waals surface area contributed by atoms with Crippen molar-refractivity contribution in [1.82, 2.24) is 0 Å². The van der Waals surface area contributed by atoms with E-state index in [0.29, 0.717) is 5.75 Å². The van der Waals surface area contributed by atoms with Crippen LogP contribution in [-0.4, -0.2) is 8.42 Å². The molecule has 0 amide bonds. The van der Waals surface area contributed by atoms with E-state index in [1.165, 1.54) is 12.1 Å². The van der Waals surface area contributed by atoms with Gasteiger partial charge in [-0.25, -0.2) is 0 Å². The molecule has 0 saturated carbocycles. The Kier molecular flexibility index (Phi) is 2.07. The van der Waals surface area contributed by atoms with Crippen molar-refractivity contribution in [2.24, 2.45) is 0 Å². The molecular formula is C8H6O3S. The maximum absolute atomic E-state index is 10.9. The molecule has 62 valence electrons. The minimum Gasteiger partial charge on any atom is -0.379 e. The summed E-state index contributed by atoms with van der Waals surface area (Å²) in [7, 11) is -3.42. The third-order valence-corrected chi connectivity index (χ3v) is 2.58. The topological polar surface area (TPSA) is 43.4 Å². The zero-order valence-electron chi connectivity index (χ0n) is 6.10. The first kappa shape index (κ1) is 8.62. The molecule has 0 unspecified atom stereocenters. The van der Waals surface area contributed by atoms with Crippen LogP contribution >= 0.6 is 0 Å². The van der Waals surface area contributed by atoms with Gasteiger partial charge in [-0.3, -0.25) is 0 Å². The van der Waals surface area contributed by atoms with Crippen LogP contribution in [0.25, 0.3) is 0 Å². The van der Waals surface area contributed by atoms with Crippen LogP contribution in [0.2, 0.25) is 0 Å². The predicted octanol–water partition coefficient (Wildman–Crippen LogP) is 1.02. The van der Waals surface area contributed by atoms with Crippen molar-refractivity contribution in [1.29, 1.82) is 0 Å². The van der Waals surface area contributed by atoms with Crippen LogP contribution < -0.4 is 4.18 Å². The fraction of sp³-hybridized carbons (Fsp3) is 0. The molecule has 0 aliphatic carbocycles. The lowest BCUT2D eigenvalue weighted by atomic mass is 10.3. The van der Waals surface area contributed by atoms with Gasteiger partial charge in [0.25, 0.3) is 0 Å². The monoisotopic (exact) mass is 182 g/mol. The molecule has 0 N–H and O–H groups in total. The summed E-state index contributed by atoms with van der Waals surface area (Å²) in [6.07, 6.45) is 8.00. The smallest absolute Gasteiger partial charge is 0.339 e. The average Bonchev–Trinajstić information content (AvgIpc) is 2.08. The molecule has 2 bridgehead atoms. The average molecular weight is 182 g/mol. The van der Waals surface area contributed by atoms with Gasteiger partial charge in [-0.05, 0) is 24.3 Å². The van der Waals surface area contributed by atoms with Crippen LogP contribution in [0.4, 0.5) is 0 Å². The van der Waals surface area contributed by atoms with E-state index in [-0.39, 0.29) is 4.90 Å². The fourth-order valence-electron chi connectivity index (χ4n) is 0.837. The van der Waals surface area contributed by atoms with Crippen LogP contribution in [-0.2, 0) is 10.1 Å². The van der Waals surface area contributed by atoms with E-state index >= 15 is 0 Å². The second-order valence-corrected chi connectivity index (χ2v) is 3.56. The lowest BCUT2D eigenvalue weighted by molar-refractivity contribution is 0.478. The highest BCUT2D eigenvalue weighted by atomic mass is 32.2. The highest BCUT2D eigenvalue weighted by Gasteiger charge is 2.21. The molecule has 12 heavy (non-hydrogen) atoms. The quantitative estimate of drug-likeness (QED) is 0.444. The molecule has 1 aromatic rings. The third-order valence-electron chi connectivity index (χ3n) is 1.32. The van der Waals surface area contributed by atoms with Crippen LogP contribution in [0.3, 0.4) is 0 Å². The Hall–Kier alpha value is -1.47. The molecule has 0 saturated heterocycles. The first-order valence-electron chi connectivity index (χ1n) is 3.06. The second kappa shape index (κ2) is 2.88. The van der Waals surface area contributed by atoms with Crippen molar-refractivity contribution < 1.29 is 12.6 Å². The molecule has 3 nitrogen and oxygen atoms in total. The van der Waals surface area contributed by atoms with Crippen molar-refractivity contribution in [2.75, 3.05) is 0 Å². The number of hydrogen-bond donors (Lipinski definition) is 0. The number of fused-ring (bicyclic) bond motifs is 3. The van der Waals surface area contributed by atoms with E-state index < -0.39 is 10.1 Å². The first-order chi connectivity index (χ1) is 5.68. The normalized spacial score (nSPS) is 15.5. The van der Waals surface area contributed by atoms with Crippen LogP contribution in [0.15, 0.2) is 29.2 Å². The summed E-state index contributed by atoms with van der Waals surface area (Å²) in [4.78, 5) is 0.225. The van der Waals surface area contributed by atoms with Gasteiger partial charge in [0, 0.05) is 0 Å². The Morgan fingerprint density at radius 2 is 1.58 bits per heavy atom. The zero-order valence-corrected chi connectivity index (χ0v) is 6.91. The summed E-state index contributed by atoms with van der Waals surface area (Å²) in [6, 6.07) is 6.29. The minimum absolute atomic E-state index is 0.225. The van der Waals surface area contributed by atoms with Crippen LogP contribution in [0, 0.1) is 12.8 Å². The van der Waals surface area contributed by atoms with E-state index in [1.54, 1.807) is 12.1 Å². The van der Waals surface area contributed by atoms with Crippen molar-refractivity contribution in [3.05, 3.63) is 24.3 Å². The van der Waals surface area contributed by atoms with Gasteiger partial charge >= 0.3 is 10.1 Å². The van der Waals surface area contributed by atoms with Gasteiger partial charge in [-0.1, -0.05) is 0 Å². The van der Waals surface area contributed by atoms with Gasteiger partial charge in [0.2, 0.25) is 0 Å². The number of terminal acetylenes is 1. The maximum Gasteiger partial charge on any atom is 0.339 e. The summed E-state index contributed by atoms with van der Waals surface area (Å²) in [5.41, 5.74) is 0. The molecule has 1 aromatic carbocycles. The van der Waals surface area contributed by atoms with E-state index in [2.05, 4.69) is 17.0 Å². The molecular weight excluding hydrogens is 176 g/mol. The number of rotatable bonds is 0. The van der Waals surface area contributed by atoms with Gasteiger partial charge in [0.1, 0.15) is 10.6 Å². The van der Waals surface area contributed by atoms with Crippen molar-refractivity contribution in [2.45, 2.75) is 4.90 Å². The minimum atomic E-state index is -3.42. The van der Waals surface area contributed by atoms with E-state index in [0.717, 1.165) is 0 Å². The maximum atomic E-state index is 10.9. The summed E-state index contributed by atoms with van der Waals surface area (Å²) in [6.45, 7) is 0. The summed E-state index contributed by atoms with van der Waals surface area (Å²) in [5, 5.41) is 0. The number of benzene rings is 1. The largest absolute Gasteiger partial charge is 0.379 e. The van der Waals surface area contributed by atoms with Crippen LogP contribution in [0.1, 0.15) is 0 Å². The fourth-order valence-corrected chi connectivity index (χ4v) is 1.77. The van der Waals surface area contributed by atoms with Gasteiger partial charge < -0.3 is 4.18 Å². The molecule has 2 aliphatic rings. The molecule has 0 aromatic heterocycles. The van der Waals surface area contributed by atoms with E-state index in [4.69, 9.17) is 0 Å². The van der Waals surface area contributed by atoms with E-state index in [1.807, 2.05) is 0 Å². The molecule has 0 radical (unpaired) electrons. The molecule has 4 heteroatoms. The van der Waals surface area contributed by atoms with Crippen molar-refractivity contribution in [3.8, 4) is 18.6 Å². The summed E-state index contributed by atoms with van der Waals surface area (Å²) in [5.74, 6) is 0.384. The van der Waals surface area contributed by atoms with Crippen molar-refractivity contribution in [3.63, 3.8) is 0 Å². The summed E-state index contributed by atoms with van der Waals surface area (Å²) < 4.78 is 26.3. The SMILES string of the molecule is C#C.O=S1(=O)Oc2ccc1cc2. The molecule has 3 rings (SSSR count). The van der Waals surface area contributed by atoms with Gasteiger partial charge in [-0.2, -0.15) is 8.42 Å². The predicted molar refractivity (Wildman–Crippen MR) is 44.1 cm³/mol. The standard InChI is InChI=1S/C6H4O3S.C2H2/c7-10(8)6-3-1-5(9-10)2-4-6;1-2/h1-4H;1-2H. The Balaban J connectivity index is 0.000000336. The number of hydrogen-bond acceptors (Lipinski definition) is 3. The lowest BCUT2D eigenvalue weighted by Crippen LogP contribution is -2.13. The molecule has 0 spiro atoms. The Labute approximate surface area is 71.1 Å². The van der Waals surface area contributed by atoms with Crippen molar-refractivity contribution >= 4 is 10.1 Å². The highest BCUT2D eigenvalue weighted by molar-refractivity contribution is 7.87. The lowest BCUT2D eigenvalue weighted by Gasteiger charge is -2.12. The molecule has 0 fully saturated rings. The molecule has 2 heterocycles. The van der Waals surface area contributed by atoms with Gasteiger partial charge in [-0.15, -0.1) is 12.8 Å². The van der Waals surface area contributed by atoms with Crippen LogP contribution in [0.5, 0.6) is 5.75 Å². The first-order valence-corrected chi connectivity index (χ1v) is 4.47. The Morgan fingerprint density at radius 1 is 1.08 bits per heavy atom. The summed E-state index contributed by atoms with van der Waals surface area (Å²) >= 11 is 0.